The van der Waals surface area contributed by atoms with Crippen molar-refractivity contribution in [2.75, 3.05) is 0 Å². The summed E-state index contributed by atoms with van der Waals surface area (Å²) in [6.07, 6.45) is 1.41. The van der Waals surface area contributed by atoms with Gasteiger partial charge in [0.05, 0.1) is 18.3 Å². The van der Waals surface area contributed by atoms with Gasteiger partial charge >= 0.3 is 0 Å². The van der Waals surface area contributed by atoms with Crippen molar-refractivity contribution in [3.05, 3.63) is 47.0 Å². The highest BCUT2D eigenvalue weighted by molar-refractivity contribution is 7.90. The van der Waals surface area contributed by atoms with E-state index in [0.717, 1.165) is 4.31 Å². The number of aromatic nitrogens is 2. The minimum atomic E-state index is -3.81. The summed E-state index contributed by atoms with van der Waals surface area (Å²) in [5.41, 5.74) is 0.188. The van der Waals surface area contributed by atoms with E-state index in [2.05, 4.69) is 4.98 Å². The molecule has 0 saturated heterocycles. The number of fused-ring (bicyclic) bond motifs is 1. The minimum Gasteiger partial charge on any atom is -0.321 e. The Labute approximate surface area is 120 Å². The minimum absolute atomic E-state index is 0.0327. The van der Waals surface area contributed by atoms with Gasteiger partial charge in [-0.15, -0.1) is 0 Å². The first-order valence-electron chi connectivity index (χ1n) is 5.75. The summed E-state index contributed by atoms with van der Waals surface area (Å²) < 4.78 is 27.1. The van der Waals surface area contributed by atoms with Gasteiger partial charge in [0, 0.05) is 7.05 Å². The van der Waals surface area contributed by atoms with Crippen LogP contribution in [0, 0.1) is 0 Å². The van der Waals surface area contributed by atoms with E-state index in [1.165, 1.54) is 22.9 Å². The molecule has 8 heteroatoms. The van der Waals surface area contributed by atoms with Gasteiger partial charge in [-0.2, -0.15) is 0 Å². The average molecular weight is 312 g/mol. The van der Waals surface area contributed by atoms with Gasteiger partial charge in [0.1, 0.15) is 15.9 Å². The van der Waals surface area contributed by atoms with Crippen molar-refractivity contribution in [2.45, 2.75) is 11.4 Å². The van der Waals surface area contributed by atoms with Gasteiger partial charge in [-0.25, -0.2) is 17.7 Å². The third kappa shape index (κ3) is 1.74. The van der Waals surface area contributed by atoms with Gasteiger partial charge in [-0.05, 0) is 12.1 Å². The zero-order valence-corrected chi connectivity index (χ0v) is 12.0. The molecule has 0 saturated carbocycles. The van der Waals surface area contributed by atoms with E-state index >= 15 is 0 Å². The van der Waals surface area contributed by atoms with Crippen molar-refractivity contribution >= 4 is 27.5 Å². The molecule has 1 amide bonds. The molecule has 20 heavy (non-hydrogen) atoms. The lowest BCUT2D eigenvalue weighted by molar-refractivity contribution is 0.0862. The second-order valence-electron chi connectivity index (χ2n) is 4.37. The predicted molar refractivity (Wildman–Crippen MR) is 71.7 cm³/mol. The van der Waals surface area contributed by atoms with E-state index < -0.39 is 15.9 Å². The maximum absolute atomic E-state index is 12.4. The van der Waals surface area contributed by atoms with Crippen molar-refractivity contribution in [3.63, 3.8) is 0 Å². The number of carbonyl (C=O) groups excluding carboxylic acids is 1. The van der Waals surface area contributed by atoms with Crippen LogP contribution in [0.1, 0.15) is 16.2 Å². The topological polar surface area (TPSA) is 72.3 Å². The number of hydrogen-bond acceptors (Lipinski definition) is 4. The summed E-state index contributed by atoms with van der Waals surface area (Å²) in [7, 11) is -2.16. The molecule has 0 aliphatic carbocycles. The van der Waals surface area contributed by atoms with E-state index in [-0.39, 0.29) is 17.0 Å². The number of amides is 1. The number of carbonyl (C=O) groups is 1. The maximum atomic E-state index is 12.4. The summed E-state index contributed by atoms with van der Waals surface area (Å²) in [6.45, 7) is -0.140. The fraction of sp³-hybridized carbons (Fsp3) is 0.167. The smallest absolute Gasteiger partial charge is 0.269 e. The molecule has 0 bridgehead atoms. The largest absolute Gasteiger partial charge is 0.321 e. The Morgan fingerprint density at radius 3 is 2.60 bits per heavy atom. The Morgan fingerprint density at radius 1 is 1.30 bits per heavy atom. The highest BCUT2D eigenvalue weighted by Gasteiger charge is 2.41. The molecule has 1 aromatic heterocycles. The highest BCUT2D eigenvalue weighted by atomic mass is 35.5. The summed E-state index contributed by atoms with van der Waals surface area (Å²) >= 11 is 5.86. The van der Waals surface area contributed by atoms with Crippen molar-refractivity contribution in [1.82, 2.24) is 13.9 Å². The lowest BCUT2D eigenvalue weighted by atomic mass is 10.2. The lowest BCUT2D eigenvalue weighted by Crippen LogP contribution is -2.30. The quantitative estimate of drug-likeness (QED) is 0.841. The van der Waals surface area contributed by atoms with E-state index in [1.54, 1.807) is 19.2 Å². The van der Waals surface area contributed by atoms with Gasteiger partial charge in [-0.3, -0.25) is 4.79 Å². The van der Waals surface area contributed by atoms with E-state index in [9.17, 15) is 13.2 Å². The average Bonchev–Trinajstić information content (AvgIpc) is 2.83. The van der Waals surface area contributed by atoms with Crippen LogP contribution < -0.4 is 0 Å². The van der Waals surface area contributed by atoms with E-state index in [1.807, 2.05) is 0 Å². The molecule has 2 heterocycles. The van der Waals surface area contributed by atoms with Crippen LogP contribution >= 0.6 is 11.6 Å². The number of halogens is 1. The summed E-state index contributed by atoms with van der Waals surface area (Å²) in [6, 6.07) is 6.15. The number of rotatable bonds is 2. The molecule has 104 valence electrons. The number of sulfonamides is 1. The Morgan fingerprint density at radius 2 is 2.00 bits per heavy atom. The number of benzene rings is 1. The molecular weight excluding hydrogens is 302 g/mol. The highest BCUT2D eigenvalue weighted by Crippen LogP contribution is 2.31. The zero-order valence-electron chi connectivity index (χ0n) is 10.4. The van der Waals surface area contributed by atoms with Crippen LogP contribution in [-0.2, 0) is 23.6 Å². The molecule has 0 atom stereocenters. The molecule has 3 rings (SSSR count). The molecule has 0 unspecified atom stereocenters. The number of hydrogen-bond donors (Lipinski definition) is 0. The fourth-order valence-corrected chi connectivity index (χ4v) is 3.76. The van der Waals surface area contributed by atoms with Crippen LogP contribution in [0.5, 0.6) is 0 Å². The molecule has 2 aromatic rings. The maximum Gasteiger partial charge on any atom is 0.269 e. The monoisotopic (exact) mass is 311 g/mol. The first-order chi connectivity index (χ1) is 9.43. The first kappa shape index (κ1) is 13.1. The second kappa shape index (κ2) is 4.32. The molecule has 0 spiro atoms. The molecule has 0 N–H and O–H groups in total. The number of nitrogens with zero attached hydrogens (tertiary/aromatic N) is 3. The van der Waals surface area contributed by atoms with Gasteiger partial charge in [0.15, 0.2) is 0 Å². The normalized spacial score (nSPS) is 16.5. The molecule has 0 radical (unpaired) electrons. The van der Waals surface area contributed by atoms with E-state index in [0.29, 0.717) is 11.0 Å². The summed E-state index contributed by atoms with van der Waals surface area (Å²) in [5, 5.41) is 0.376. The standard InChI is InChI=1S/C12H10ClN3O3S/c1-15-10(13)6-14-11(15)7-16-12(17)8-4-2-3-5-9(8)20(16,18)19/h2-6H,7H2,1H3. The lowest BCUT2D eigenvalue weighted by Gasteiger charge is -2.14. The van der Waals surface area contributed by atoms with Gasteiger partial charge in [-0.1, -0.05) is 23.7 Å². The Hall–Kier alpha value is -1.86. The van der Waals surface area contributed by atoms with Crippen molar-refractivity contribution < 1.29 is 13.2 Å². The zero-order chi connectivity index (χ0) is 14.5. The Balaban J connectivity index is 2.05. The molecule has 1 aromatic carbocycles. The summed E-state index contributed by atoms with van der Waals surface area (Å²) in [4.78, 5) is 16.3. The van der Waals surface area contributed by atoms with Crippen molar-refractivity contribution in [2.24, 2.45) is 7.05 Å². The molecule has 6 nitrogen and oxygen atoms in total. The molecular formula is C12H10ClN3O3S. The van der Waals surface area contributed by atoms with Crippen LogP contribution in [0.3, 0.4) is 0 Å². The van der Waals surface area contributed by atoms with Crippen molar-refractivity contribution in [1.29, 1.82) is 0 Å². The molecule has 1 aliphatic heterocycles. The van der Waals surface area contributed by atoms with E-state index in [4.69, 9.17) is 11.6 Å². The second-order valence-corrected chi connectivity index (χ2v) is 6.59. The predicted octanol–water partition coefficient (Wildman–Crippen LogP) is 1.42. The third-order valence-corrected chi connectivity index (χ3v) is 5.36. The van der Waals surface area contributed by atoms with Crippen LogP contribution in [0.2, 0.25) is 5.15 Å². The van der Waals surface area contributed by atoms with Gasteiger partial charge < -0.3 is 4.57 Å². The SMILES string of the molecule is Cn1c(Cl)cnc1CN1C(=O)c2ccccc2S1(=O)=O. The van der Waals surface area contributed by atoms with Gasteiger partial charge in [0.2, 0.25) is 0 Å². The fourth-order valence-electron chi connectivity index (χ4n) is 2.09. The van der Waals surface area contributed by atoms with Crippen molar-refractivity contribution in [3.8, 4) is 0 Å². The Bertz CT molecular complexity index is 813. The third-order valence-electron chi connectivity index (χ3n) is 3.22. The molecule has 0 fully saturated rings. The molecule has 1 aliphatic rings. The van der Waals surface area contributed by atoms with Crippen LogP contribution in [0.4, 0.5) is 0 Å². The Kier molecular flexibility index (Phi) is 2.84. The van der Waals surface area contributed by atoms with Gasteiger partial charge in [0.25, 0.3) is 15.9 Å². The van der Waals surface area contributed by atoms with Crippen LogP contribution in [0.15, 0.2) is 35.4 Å². The summed E-state index contributed by atoms with van der Waals surface area (Å²) in [5.74, 6) is -0.139. The van der Waals surface area contributed by atoms with Crippen LogP contribution in [-0.4, -0.2) is 28.2 Å². The first-order valence-corrected chi connectivity index (χ1v) is 7.57. The van der Waals surface area contributed by atoms with Crippen LogP contribution in [0.25, 0.3) is 0 Å². The number of imidazole rings is 1.